The van der Waals surface area contributed by atoms with Crippen molar-refractivity contribution in [3.05, 3.63) is 68.7 Å². The zero-order chi connectivity index (χ0) is 20.8. The van der Waals surface area contributed by atoms with Crippen molar-refractivity contribution >= 4 is 62.6 Å². The molecule has 0 aliphatic heterocycles. The van der Waals surface area contributed by atoms with E-state index in [1.54, 1.807) is 17.5 Å². The summed E-state index contributed by atoms with van der Waals surface area (Å²) in [5.74, 6) is -0.890. The molecule has 0 spiro atoms. The summed E-state index contributed by atoms with van der Waals surface area (Å²) in [6.45, 7) is 0. The summed E-state index contributed by atoms with van der Waals surface area (Å²) >= 11 is 8.05. The number of anilines is 2. The van der Waals surface area contributed by atoms with Crippen molar-refractivity contribution in [2.24, 2.45) is 0 Å². The Morgan fingerprint density at radius 2 is 1.76 bits per heavy atom. The van der Waals surface area contributed by atoms with Gasteiger partial charge in [-0.25, -0.2) is 9.59 Å². The number of thiocarbonyl (C=S) groups is 1. The van der Waals surface area contributed by atoms with Crippen LogP contribution in [-0.4, -0.2) is 31.3 Å². The molecule has 3 aromatic rings. The van der Waals surface area contributed by atoms with Crippen molar-refractivity contribution in [2.75, 3.05) is 24.9 Å². The van der Waals surface area contributed by atoms with E-state index in [-0.39, 0.29) is 5.11 Å². The molecule has 0 atom stereocenters. The summed E-state index contributed by atoms with van der Waals surface area (Å²) in [4.78, 5) is 25.4. The van der Waals surface area contributed by atoms with E-state index in [1.807, 2.05) is 30.3 Å². The maximum absolute atomic E-state index is 12.2. The van der Waals surface area contributed by atoms with Crippen LogP contribution in [0, 0.1) is 0 Å². The van der Waals surface area contributed by atoms with Gasteiger partial charge in [-0.2, -0.15) is 0 Å². The largest absolute Gasteiger partial charge is 0.465 e. The number of hydrogen-bond acceptors (Lipinski definition) is 7. The first-order valence-corrected chi connectivity index (χ1v) is 10.6. The maximum atomic E-state index is 12.2. The van der Waals surface area contributed by atoms with Gasteiger partial charge in [0, 0.05) is 11.3 Å². The lowest BCUT2D eigenvalue weighted by molar-refractivity contribution is 0.0595. The smallest absolute Gasteiger partial charge is 0.350 e. The molecule has 0 fully saturated rings. The Labute approximate surface area is 181 Å². The summed E-state index contributed by atoms with van der Waals surface area (Å²) < 4.78 is 9.67. The highest BCUT2D eigenvalue weighted by atomic mass is 32.1. The zero-order valence-corrected chi connectivity index (χ0v) is 18.1. The van der Waals surface area contributed by atoms with Crippen LogP contribution in [0.5, 0.6) is 0 Å². The normalized spacial score (nSPS) is 10.3. The van der Waals surface area contributed by atoms with Crippen molar-refractivity contribution in [3.63, 3.8) is 0 Å². The molecule has 150 valence electrons. The van der Waals surface area contributed by atoms with Gasteiger partial charge in [0.15, 0.2) is 5.11 Å². The third-order valence-electron chi connectivity index (χ3n) is 3.92. The standard InChI is InChI=1S/C20H18N2O4S3/c1-25-18(23)14-11-13(10-12-6-4-3-5-7-12)29-17(14)22-20(27)21-15-8-9-28-16(15)19(24)26-2/h3-9,11H,10H2,1-2H3,(H2,21,22,27). The molecule has 0 aliphatic carbocycles. The van der Waals surface area contributed by atoms with Crippen molar-refractivity contribution in [3.8, 4) is 0 Å². The van der Waals surface area contributed by atoms with Gasteiger partial charge in [-0.15, -0.1) is 22.7 Å². The Bertz CT molecular complexity index is 1030. The molecular weight excluding hydrogens is 428 g/mol. The van der Waals surface area contributed by atoms with Crippen molar-refractivity contribution in [1.29, 1.82) is 0 Å². The molecule has 29 heavy (non-hydrogen) atoms. The number of benzene rings is 1. The van der Waals surface area contributed by atoms with E-state index in [1.165, 1.54) is 36.9 Å². The quantitative estimate of drug-likeness (QED) is 0.417. The van der Waals surface area contributed by atoms with E-state index < -0.39 is 11.9 Å². The second-order valence-electron chi connectivity index (χ2n) is 5.84. The van der Waals surface area contributed by atoms with E-state index in [4.69, 9.17) is 21.7 Å². The second kappa shape index (κ2) is 9.64. The molecule has 0 aliphatic rings. The molecule has 9 heteroatoms. The van der Waals surface area contributed by atoms with Gasteiger partial charge in [0.1, 0.15) is 9.88 Å². The van der Waals surface area contributed by atoms with E-state index in [0.29, 0.717) is 27.5 Å². The third kappa shape index (κ3) is 5.20. The molecule has 0 saturated heterocycles. The molecule has 0 radical (unpaired) electrons. The fraction of sp³-hybridized carbons (Fsp3) is 0.150. The van der Waals surface area contributed by atoms with Gasteiger partial charge < -0.3 is 20.1 Å². The van der Waals surface area contributed by atoms with E-state index in [0.717, 1.165) is 10.4 Å². The SMILES string of the molecule is COC(=O)c1cc(Cc2ccccc2)sc1NC(=S)Nc1ccsc1C(=O)OC. The first-order chi connectivity index (χ1) is 14.0. The van der Waals surface area contributed by atoms with Crippen LogP contribution < -0.4 is 10.6 Å². The summed E-state index contributed by atoms with van der Waals surface area (Å²) in [5, 5.41) is 8.63. The van der Waals surface area contributed by atoms with Crippen molar-refractivity contribution < 1.29 is 19.1 Å². The Morgan fingerprint density at radius 1 is 1.03 bits per heavy atom. The van der Waals surface area contributed by atoms with Crippen LogP contribution in [0.3, 0.4) is 0 Å². The topological polar surface area (TPSA) is 76.7 Å². The highest BCUT2D eigenvalue weighted by Gasteiger charge is 2.19. The van der Waals surface area contributed by atoms with E-state index in [9.17, 15) is 9.59 Å². The zero-order valence-electron chi connectivity index (χ0n) is 15.7. The molecule has 1 aromatic carbocycles. The lowest BCUT2D eigenvalue weighted by Gasteiger charge is -2.10. The minimum absolute atomic E-state index is 0.256. The van der Waals surface area contributed by atoms with Gasteiger partial charge in [0.2, 0.25) is 0 Å². The Morgan fingerprint density at radius 3 is 2.45 bits per heavy atom. The average Bonchev–Trinajstić information content (AvgIpc) is 3.34. The second-order valence-corrected chi connectivity index (χ2v) is 8.30. The van der Waals surface area contributed by atoms with E-state index in [2.05, 4.69) is 10.6 Å². The van der Waals surface area contributed by atoms with Gasteiger partial charge in [-0.1, -0.05) is 30.3 Å². The van der Waals surface area contributed by atoms with Crippen LogP contribution in [0.15, 0.2) is 47.8 Å². The van der Waals surface area contributed by atoms with Gasteiger partial charge >= 0.3 is 11.9 Å². The van der Waals surface area contributed by atoms with Crippen molar-refractivity contribution in [1.82, 2.24) is 0 Å². The highest BCUT2D eigenvalue weighted by Crippen LogP contribution is 2.31. The summed E-state index contributed by atoms with van der Waals surface area (Å²) in [6, 6.07) is 13.5. The summed E-state index contributed by atoms with van der Waals surface area (Å²) in [6.07, 6.45) is 0.689. The first kappa shape index (κ1) is 21.0. The highest BCUT2D eigenvalue weighted by molar-refractivity contribution is 7.80. The molecule has 2 N–H and O–H groups in total. The molecule has 0 bridgehead atoms. The number of methoxy groups -OCH3 is 2. The van der Waals surface area contributed by atoms with Crippen LogP contribution in [0.1, 0.15) is 30.5 Å². The number of rotatable bonds is 6. The third-order valence-corrected chi connectivity index (χ3v) is 6.07. The monoisotopic (exact) mass is 446 g/mol. The minimum atomic E-state index is -0.448. The van der Waals surface area contributed by atoms with Crippen LogP contribution in [-0.2, 0) is 15.9 Å². The van der Waals surface area contributed by atoms with Gasteiger partial charge in [-0.3, -0.25) is 0 Å². The lowest BCUT2D eigenvalue weighted by atomic mass is 10.1. The predicted octanol–water partition coefficient (Wildman–Crippen LogP) is 4.78. The Hall–Kier alpha value is -2.75. The number of ether oxygens (including phenoxy) is 2. The molecular formula is C20H18N2O4S3. The van der Waals surface area contributed by atoms with Gasteiger partial charge in [0.05, 0.1) is 25.5 Å². The van der Waals surface area contributed by atoms with Crippen molar-refractivity contribution in [2.45, 2.75) is 6.42 Å². The number of hydrogen-bond donors (Lipinski definition) is 2. The predicted molar refractivity (Wildman–Crippen MR) is 120 cm³/mol. The number of carbonyl (C=O) groups is 2. The molecule has 0 amide bonds. The number of carbonyl (C=O) groups excluding carboxylic acids is 2. The maximum Gasteiger partial charge on any atom is 0.350 e. The fourth-order valence-corrected chi connectivity index (χ4v) is 4.72. The molecule has 2 heterocycles. The summed E-state index contributed by atoms with van der Waals surface area (Å²) in [7, 11) is 2.66. The molecule has 3 rings (SSSR count). The van der Waals surface area contributed by atoms with Crippen LogP contribution in [0.4, 0.5) is 10.7 Å². The molecule has 2 aromatic heterocycles. The average molecular weight is 447 g/mol. The molecule has 6 nitrogen and oxygen atoms in total. The van der Waals surface area contributed by atoms with Crippen LogP contribution in [0.25, 0.3) is 0 Å². The lowest BCUT2D eigenvalue weighted by Crippen LogP contribution is -2.20. The number of thiophene rings is 2. The first-order valence-electron chi connectivity index (χ1n) is 8.50. The van der Waals surface area contributed by atoms with E-state index >= 15 is 0 Å². The minimum Gasteiger partial charge on any atom is -0.465 e. The van der Waals surface area contributed by atoms with Gasteiger partial charge in [0.25, 0.3) is 0 Å². The Balaban J connectivity index is 1.78. The summed E-state index contributed by atoms with van der Waals surface area (Å²) in [5.41, 5.74) is 2.09. The molecule has 0 unspecified atom stereocenters. The fourth-order valence-electron chi connectivity index (χ4n) is 2.60. The van der Waals surface area contributed by atoms with Crippen LogP contribution in [0.2, 0.25) is 0 Å². The van der Waals surface area contributed by atoms with Gasteiger partial charge in [-0.05, 0) is 35.3 Å². The number of esters is 2. The number of nitrogens with one attached hydrogen (secondary N) is 2. The van der Waals surface area contributed by atoms with Crippen LogP contribution >= 0.6 is 34.9 Å². The molecule has 0 saturated carbocycles. The Kier molecular flexibility index (Phi) is 6.97.